The molecule has 12 nitrogen and oxygen atoms in total. The molecule has 0 radical (unpaired) electrons. The Hall–Kier alpha value is -3.05. The highest BCUT2D eigenvalue weighted by Gasteiger charge is 2.34. The number of benzene rings is 1. The molecule has 170 valence electrons. The van der Waals surface area contributed by atoms with Crippen molar-refractivity contribution < 1.29 is 43.7 Å². The number of nitrogens with zero attached hydrogens (tertiary/aromatic N) is 3. The van der Waals surface area contributed by atoms with Crippen LogP contribution in [0.25, 0.3) is 0 Å². The number of aromatic nitrogens is 3. The fourth-order valence-electron chi connectivity index (χ4n) is 2.00. The van der Waals surface area contributed by atoms with Gasteiger partial charge in [0.1, 0.15) is 15.6 Å². The van der Waals surface area contributed by atoms with Crippen molar-refractivity contribution in [3.8, 4) is 6.01 Å². The van der Waals surface area contributed by atoms with Gasteiger partial charge in [-0.15, -0.1) is 0 Å². The quantitative estimate of drug-likeness (QED) is 0.539. The molecular weight excluding hydrogens is 471 g/mol. The van der Waals surface area contributed by atoms with Crippen molar-refractivity contribution in [2.75, 3.05) is 19.0 Å². The summed E-state index contributed by atoms with van der Waals surface area (Å²) in [6.07, 6.45) is -4.98. The third kappa shape index (κ3) is 6.72. The number of rotatable bonds is 7. The van der Waals surface area contributed by atoms with E-state index in [0.717, 1.165) is 18.2 Å². The van der Waals surface area contributed by atoms with Gasteiger partial charge >= 0.3 is 18.2 Å². The molecule has 0 spiro atoms. The van der Waals surface area contributed by atoms with E-state index in [0.29, 0.717) is 6.07 Å². The molecule has 31 heavy (non-hydrogen) atoms. The molecule has 0 aliphatic rings. The maximum absolute atomic E-state index is 12.5. The maximum Gasteiger partial charge on any atom is 0.413 e. The zero-order valence-corrected chi connectivity index (χ0v) is 17.3. The van der Waals surface area contributed by atoms with Crippen molar-refractivity contribution in [3.05, 3.63) is 30.1 Å². The first kappa shape index (κ1) is 24.2. The number of hydrogen-bond donors (Lipinski definition) is 2. The highest BCUT2D eigenvalue weighted by molar-refractivity contribution is 7.92. The van der Waals surface area contributed by atoms with E-state index in [4.69, 9.17) is 4.74 Å². The molecule has 1 aromatic carbocycles. The van der Waals surface area contributed by atoms with Crippen LogP contribution in [0.3, 0.4) is 0 Å². The highest BCUT2D eigenvalue weighted by Crippen LogP contribution is 2.25. The van der Waals surface area contributed by atoms with E-state index in [1.54, 1.807) is 0 Å². The minimum atomic E-state index is -5.14. The van der Waals surface area contributed by atoms with E-state index in [9.17, 15) is 34.8 Å². The van der Waals surface area contributed by atoms with Crippen LogP contribution >= 0.6 is 0 Å². The van der Waals surface area contributed by atoms with E-state index in [1.165, 1.54) is 18.8 Å². The smallest absolute Gasteiger partial charge is 0.413 e. The Morgan fingerprint density at radius 2 is 1.68 bits per heavy atom. The SMILES string of the molecule is COc1nc(C)nc(NC(=O)NS(=O)(=O)c2ccccc2S(=O)(=O)OCC(F)(F)F)n1. The van der Waals surface area contributed by atoms with Crippen LogP contribution in [0.15, 0.2) is 34.1 Å². The first-order chi connectivity index (χ1) is 14.2. The van der Waals surface area contributed by atoms with E-state index < -0.39 is 48.7 Å². The van der Waals surface area contributed by atoms with Crippen molar-refractivity contribution in [2.45, 2.75) is 22.9 Å². The van der Waals surface area contributed by atoms with E-state index in [2.05, 4.69) is 19.1 Å². The molecule has 0 saturated heterocycles. The second-order valence-corrected chi connectivity index (χ2v) is 8.77. The van der Waals surface area contributed by atoms with Crippen LogP contribution in [0.5, 0.6) is 6.01 Å². The van der Waals surface area contributed by atoms with Crippen LogP contribution in [0.4, 0.5) is 23.9 Å². The van der Waals surface area contributed by atoms with Crippen molar-refractivity contribution in [3.63, 3.8) is 0 Å². The summed E-state index contributed by atoms with van der Waals surface area (Å²) in [6, 6.07) is 2.05. The van der Waals surface area contributed by atoms with Gasteiger partial charge in [0.05, 0.1) is 7.11 Å². The molecule has 0 unspecified atom stereocenters. The monoisotopic (exact) mass is 485 g/mol. The van der Waals surface area contributed by atoms with Gasteiger partial charge in [0.25, 0.3) is 20.1 Å². The van der Waals surface area contributed by atoms with Crippen molar-refractivity contribution in [2.24, 2.45) is 0 Å². The third-order valence-electron chi connectivity index (χ3n) is 3.15. The molecule has 0 saturated carbocycles. The predicted octanol–water partition coefficient (Wildman–Crippen LogP) is 0.967. The molecule has 0 fully saturated rings. The predicted molar refractivity (Wildman–Crippen MR) is 96.1 cm³/mol. The number of urea groups is 1. The number of anilines is 1. The number of hydrogen-bond acceptors (Lipinski definition) is 10. The minimum Gasteiger partial charge on any atom is -0.467 e. The molecule has 0 atom stereocenters. The fraction of sp³-hybridized carbons (Fsp3) is 0.286. The Labute approximate surface area is 174 Å². The second kappa shape index (κ2) is 8.98. The number of ether oxygens (including phenoxy) is 1. The van der Waals surface area contributed by atoms with Crippen LogP contribution in [-0.4, -0.2) is 57.7 Å². The first-order valence-corrected chi connectivity index (χ1v) is 10.8. The van der Waals surface area contributed by atoms with Gasteiger partial charge in [-0.1, -0.05) is 12.1 Å². The second-order valence-electron chi connectivity index (χ2n) is 5.53. The Kier molecular flexibility index (Phi) is 7.02. The molecule has 2 amide bonds. The number of alkyl halides is 3. The number of methoxy groups -OCH3 is 1. The standard InChI is InChI=1S/C14H14F3N5O7S2/c1-8-18-11(21-13(19-8)28-2)20-12(23)22-30(24,25)9-5-3-4-6-10(9)31(26,27)29-7-14(15,16)17/h3-6H,7H2,1-2H3,(H2,18,19,20,21,22,23). The van der Waals surface area contributed by atoms with Gasteiger partial charge < -0.3 is 4.74 Å². The third-order valence-corrected chi connectivity index (χ3v) is 5.99. The van der Waals surface area contributed by atoms with Gasteiger partial charge in [-0.25, -0.2) is 17.9 Å². The van der Waals surface area contributed by atoms with Crippen LogP contribution in [-0.2, 0) is 24.3 Å². The number of amides is 2. The lowest BCUT2D eigenvalue weighted by Gasteiger charge is -2.13. The van der Waals surface area contributed by atoms with Gasteiger partial charge in [-0.3, -0.25) is 9.50 Å². The van der Waals surface area contributed by atoms with Gasteiger partial charge in [0.15, 0.2) is 6.61 Å². The number of sulfonamides is 1. The molecule has 2 aromatic rings. The Morgan fingerprint density at radius 3 is 2.26 bits per heavy atom. The van der Waals surface area contributed by atoms with E-state index in [1.807, 2.05) is 5.32 Å². The average Bonchev–Trinajstić information content (AvgIpc) is 2.65. The van der Waals surface area contributed by atoms with Gasteiger partial charge in [-0.2, -0.15) is 36.5 Å². The summed E-state index contributed by atoms with van der Waals surface area (Å²) in [4.78, 5) is 21.1. The number of halogens is 3. The normalized spacial score (nSPS) is 12.3. The molecule has 1 heterocycles. The summed E-state index contributed by atoms with van der Waals surface area (Å²) in [5, 5.41) is 1.99. The summed E-state index contributed by atoms with van der Waals surface area (Å²) in [7, 11) is -8.78. The lowest BCUT2D eigenvalue weighted by molar-refractivity contribution is -0.152. The van der Waals surface area contributed by atoms with Crippen LogP contribution in [0, 0.1) is 6.92 Å². The summed E-state index contributed by atoms with van der Waals surface area (Å²) in [6.45, 7) is -0.732. The molecular formula is C14H14F3N5O7S2. The number of nitrogens with one attached hydrogen (secondary N) is 2. The fourth-order valence-corrected chi connectivity index (χ4v) is 4.60. The molecule has 0 bridgehead atoms. The molecule has 1 aromatic heterocycles. The lowest BCUT2D eigenvalue weighted by Crippen LogP contribution is -2.35. The zero-order chi connectivity index (χ0) is 23.4. The average molecular weight is 485 g/mol. The number of carbonyl (C=O) groups excluding carboxylic acids is 1. The maximum atomic E-state index is 12.5. The largest absolute Gasteiger partial charge is 0.467 e. The van der Waals surface area contributed by atoms with E-state index in [-0.39, 0.29) is 17.8 Å². The van der Waals surface area contributed by atoms with Crippen LogP contribution in [0.2, 0.25) is 0 Å². The first-order valence-electron chi connectivity index (χ1n) is 7.89. The van der Waals surface area contributed by atoms with Crippen molar-refractivity contribution in [1.29, 1.82) is 0 Å². The summed E-state index contributed by atoms with van der Waals surface area (Å²) >= 11 is 0. The molecule has 0 aliphatic heterocycles. The molecule has 17 heteroatoms. The summed E-state index contributed by atoms with van der Waals surface area (Å²) < 4.78 is 96.2. The molecule has 0 aliphatic carbocycles. The summed E-state index contributed by atoms with van der Waals surface area (Å²) in [5.41, 5.74) is 0. The van der Waals surface area contributed by atoms with Gasteiger partial charge in [-0.05, 0) is 19.1 Å². The Morgan fingerprint density at radius 1 is 1.06 bits per heavy atom. The van der Waals surface area contributed by atoms with Gasteiger partial charge in [0.2, 0.25) is 5.95 Å². The molecule has 2 N–H and O–H groups in total. The Bertz CT molecular complexity index is 1190. The Balaban J connectivity index is 2.28. The minimum absolute atomic E-state index is 0.128. The lowest BCUT2D eigenvalue weighted by atomic mass is 10.4. The molecule has 2 rings (SSSR count). The highest BCUT2D eigenvalue weighted by atomic mass is 32.2. The topological polar surface area (TPSA) is 167 Å². The summed E-state index contributed by atoms with van der Waals surface area (Å²) in [5.74, 6) is -0.255. The van der Waals surface area contributed by atoms with Crippen molar-refractivity contribution >= 4 is 32.1 Å². The van der Waals surface area contributed by atoms with Crippen LogP contribution < -0.4 is 14.8 Å². The van der Waals surface area contributed by atoms with Crippen molar-refractivity contribution in [1.82, 2.24) is 19.7 Å². The number of carbonyl (C=O) groups is 1. The van der Waals surface area contributed by atoms with Gasteiger partial charge in [0, 0.05) is 0 Å². The van der Waals surface area contributed by atoms with Crippen LogP contribution in [0.1, 0.15) is 5.82 Å². The number of aryl methyl sites for hydroxylation is 1. The zero-order valence-electron chi connectivity index (χ0n) is 15.7. The van der Waals surface area contributed by atoms with E-state index >= 15 is 0 Å².